The third kappa shape index (κ3) is 31.2. The van der Waals surface area contributed by atoms with E-state index in [4.69, 9.17) is 40.1 Å². The van der Waals surface area contributed by atoms with Crippen LogP contribution in [-0.2, 0) is 54.4 Å². The van der Waals surface area contributed by atoms with E-state index in [9.17, 15) is 63.3 Å². The van der Waals surface area contributed by atoms with Crippen molar-refractivity contribution in [3.8, 4) is 5.75 Å². The first-order valence-electron chi connectivity index (χ1n) is 27.6. The highest BCUT2D eigenvalue weighted by Gasteiger charge is 2.34. The van der Waals surface area contributed by atoms with E-state index in [-0.39, 0.29) is 113 Å². The molecule has 0 saturated heterocycles. The number of hydrogen-bond acceptors (Lipinski definition) is 16. The molecule has 0 aliphatic heterocycles. The van der Waals surface area contributed by atoms with Crippen LogP contribution < -0.4 is 82.7 Å². The minimum Gasteiger partial charge on any atom is -0.508 e. The van der Waals surface area contributed by atoms with Gasteiger partial charge in [0.1, 0.15) is 48.0 Å². The van der Waals surface area contributed by atoms with Crippen molar-refractivity contribution in [3.05, 3.63) is 29.8 Å². The maximum atomic E-state index is 14.1. The number of phenolic OH excluding ortho intramolecular Hbond substituents is 1. The normalized spacial score (nSPS) is 14.0. The summed E-state index contributed by atoms with van der Waals surface area (Å²) in [5.74, 6) is -10.1. The van der Waals surface area contributed by atoms with Crippen LogP contribution in [-0.4, -0.2) is 167 Å². The highest BCUT2D eigenvalue weighted by Crippen LogP contribution is 2.15. The summed E-state index contributed by atoms with van der Waals surface area (Å²) < 4.78 is 0. The Morgan fingerprint density at radius 3 is 1.37 bits per heavy atom. The second-order valence-corrected chi connectivity index (χ2v) is 20.7. The summed E-state index contributed by atoms with van der Waals surface area (Å²) >= 11 is 0. The van der Waals surface area contributed by atoms with Crippen molar-refractivity contribution in [1.29, 1.82) is 0 Å². The monoisotopic (exact) mass is 1160 g/mol. The summed E-state index contributed by atoms with van der Waals surface area (Å²) in [6, 6.07) is -4.95. The molecule has 0 saturated carbocycles. The molecule has 0 heterocycles. The van der Waals surface area contributed by atoms with Crippen molar-refractivity contribution in [2.45, 2.75) is 172 Å². The number of aliphatic imine (C=N–C) groups is 2. The third-order valence-corrected chi connectivity index (χ3v) is 12.4. The highest BCUT2D eigenvalue weighted by molar-refractivity contribution is 5.97. The lowest BCUT2D eigenvalue weighted by atomic mass is 10.0. The molecule has 0 unspecified atom stereocenters. The Hall–Kier alpha value is -7.86. The van der Waals surface area contributed by atoms with Crippen LogP contribution in [0.2, 0.25) is 0 Å². The number of nitrogens with zero attached hydrogens (tertiary/aromatic N) is 2. The zero-order valence-corrected chi connectivity index (χ0v) is 47.6. The van der Waals surface area contributed by atoms with Crippen molar-refractivity contribution in [2.24, 2.45) is 62.0 Å². The first-order valence-corrected chi connectivity index (χ1v) is 27.6. The maximum Gasteiger partial charge on any atom is 0.326 e. The summed E-state index contributed by atoms with van der Waals surface area (Å²) in [5, 5.41) is 49.7. The van der Waals surface area contributed by atoms with Gasteiger partial charge in [-0.25, -0.2) is 4.79 Å². The zero-order chi connectivity index (χ0) is 61.9. The summed E-state index contributed by atoms with van der Waals surface area (Å²) in [5.41, 5.74) is 39.7. The zero-order valence-electron chi connectivity index (χ0n) is 47.6. The molecule has 30 nitrogen and oxygen atoms in total. The number of nitrogens with two attached hydrogens (primary N) is 7. The second kappa shape index (κ2) is 39.5. The first kappa shape index (κ1) is 72.2. The van der Waals surface area contributed by atoms with Crippen LogP contribution >= 0.6 is 0 Å². The van der Waals surface area contributed by atoms with Crippen LogP contribution in [0.15, 0.2) is 34.3 Å². The molecule has 0 aliphatic carbocycles. The molecule has 30 heteroatoms. The van der Waals surface area contributed by atoms with Crippen LogP contribution in [0, 0.1) is 11.8 Å². The van der Waals surface area contributed by atoms with E-state index in [1.54, 1.807) is 13.8 Å². The molecular weight excluding hydrogens is 1070 g/mol. The van der Waals surface area contributed by atoms with Crippen LogP contribution in [0.1, 0.15) is 123 Å². The van der Waals surface area contributed by atoms with Gasteiger partial charge in [-0.05, 0) is 126 Å². The minimum absolute atomic E-state index is 0.0254. The maximum absolute atomic E-state index is 14.1. The number of amides is 8. The van der Waals surface area contributed by atoms with E-state index >= 15 is 0 Å². The molecule has 0 aromatic heterocycles. The molecule has 25 N–H and O–H groups in total. The first-order chi connectivity index (χ1) is 38.7. The van der Waals surface area contributed by atoms with Crippen molar-refractivity contribution in [3.63, 3.8) is 0 Å². The van der Waals surface area contributed by atoms with Crippen LogP contribution in [0.5, 0.6) is 5.75 Å². The Labute approximate surface area is 478 Å². The van der Waals surface area contributed by atoms with Crippen LogP contribution in [0.4, 0.5) is 0 Å². The van der Waals surface area contributed by atoms with Crippen molar-refractivity contribution in [2.75, 3.05) is 32.7 Å². The third-order valence-electron chi connectivity index (χ3n) is 12.4. The molecule has 82 heavy (non-hydrogen) atoms. The number of hydrogen-bond donors (Lipinski definition) is 18. The Morgan fingerprint density at radius 1 is 0.488 bits per heavy atom. The van der Waals surface area contributed by atoms with Gasteiger partial charge >= 0.3 is 11.9 Å². The van der Waals surface area contributed by atoms with Gasteiger partial charge in [0, 0.05) is 25.9 Å². The number of nitrogens with one attached hydrogen (secondary N) is 8. The summed E-state index contributed by atoms with van der Waals surface area (Å²) in [6.45, 7) is 7.15. The molecule has 1 rings (SSSR count). The summed E-state index contributed by atoms with van der Waals surface area (Å²) in [4.78, 5) is 142. The molecule has 1 aromatic carbocycles. The van der Waals surface area contributed by atoms with Gasteiger partial charge in [-0.3, -0.25) is 53.1 Å². The van der Waals surface area contributed by atoms with Crippen molar-refractivity contribution < 1.29 is 63.3 Å². The lowest BCUT2D eigenvalue weighted by molar-refractivity contribution is -0.142. The van der Waals surface area contributed by atoms with Gasteiger partial charge in [0.15, 0.2) is 11.9 Å². The van der Waals surface area contributed by atoms with E-state index in [1.165, 1.54) is 24.3 Å². The molecule has 462 valence electrons. The second-order valence-electron chi connectivity index (χ2n) is 20.7. The van der Waals surface area contributed by atoms with Crippen LogP contribution in [0.3, 0.4) is 0 Å². The predicted octanol–water partition coefficient (Wildman–Crippen LogP) is -3.82. The van der Waals surface area contributed by atoms with Gasteiger partial charge in [-0.1, -0.05) is 39.8 Å². The highest BCUT2D eigenvalue weighted by atomic mass is 16.4. The number of aromatic hydroxyl groups is 1. The molecule has 0 fully saturated rings. The molecule has 0 aliphatic rings. The lowest BCUT2D eigenvalue weighted by Gasteiger charge is -2.27. The fourth-order valence-corrected chi connectivity index (χ4v) is 8.13. The van der Waals surface area contributed by atoms with Gasteiger partial charge < -0.3 is 98.0 Å². The van der Waals surface area contributed by atoms with Gasteiger partial charge in [-0.2, -0.15) is 0 Å². The number of benzene rings is 1. The molecule has 0 radical (unpaired) electrons. The Bertz CT molecular complexity index is 2280. The van der Waals surface area contributed by atoms with Gasteiger partial charge in [0.05, 0.1) is 12.6 Å². The average Bonchev–Trinajstić information content (AvgIpc) is 3.42. The fraction of sp³-hybridized carbons (Fsp3) is 0.654. The predicted molar refractivity (Wildman–Crippen MR) is 305 cm³/mol. The van der Waals surface area contributed by atoms with E-state index in [2.05, 4.69) is 52.5 Å². The molecule has 0 bridgehead atoms. The molecular formula is C52H91N17O13. The Balaban J connectivity index is 3.44. The van der Waals surface area contributed by atoms with Crippen molar-refractivity contribution in [1.82, 2.24) is 42.5 Å². The van der Waals surface area contributed by atoms with Gasteiger partial charge in [-0.15, -0.1) is 0 Å². The van der Waals surface area contributed by atoms with E-state index in [0.717, 1.165) is 0 Å². The quantitative estimate of drug-likeness (QED) is 0.0169. The number of unbranched alkanes of at least 4 members (excludes halogenated alkanes) is 2. The number of carboxylic acid groups (broad SMARTS) is 2. The number of guanidine groups is 2. The SMILES string of the molecule is CC(C)C[C@H](NC(=O)[C@H](Cc1ccc(O)cc1)NC(=O)[C@H](CCC(=O)O)NC(=O)[C@H](CCCCN)NC(=O)CNC(=O)[C@H](CCCCN)NC(=O)[C@H](CCCN=C(N)N)NC(=O)[C@H](CC(C)C)NC(=O)[C@@H](N)CCCN=C(N)N)C(=O)O. The van der Waals surface area contributed by atoms with E-state index < -0.39 is 127 Å². The molecule has 8 atom stereocenters. The molecule has 1 aromatic rings. The average molecular weight is 1160 g/mol. The smallest absolute Gasteiger partial charge is 0.326 e. The fourth-order valence-electron chi connectivity index (χ4n) is 8.13. The number of carboxylic acids is 2. The van der Waals surface area contributed by atoms with Gasteiger partial charge in [0.2, 0.25) is 47.3 Å². The van der Waals surface area contributed by atoms with Crippen LogP contribution in [0.25, 0.3) is 0 Å². The number of carbonyl (C=O) groups excluding carboxylic acids is 8. The minimum atomic E-state index is -1.62. The summed E-state index contributed by atoms with van der Waals surface area (Å²) in [6.07, 6.45) is 1.00. The molecule has 0 spiro atoms. The van der Waals surface area contributed by atoms with E-state index in [0.29, 0.717) is 31.2 Å². The summed E-state index contributed by atoms with van der Waals surface area (Å²) in [7, 11) is 0. The standard InChI is InChI=1S/C52H91N17O13/c1-29(2)25-38(67-43(74)33(55)11-9-23-60-51(56)57)48(79)65-36(14-10-24-61-52(58)59)46(77)64-34(12-5-7-21-53)44(75)62-28-41(71)63-35(13-6-8-22-54)45(76)66-37(19-20-42(72)73)47(78)68-39(27-31-15-17-32(70)18-16-31)49(80)69-40(50(81)82)26-30(3)4/h15-18,29-30,33-40,70H,5-14,19-28,53-55H2,1-4H3,(H,62,75)(H,63,71)(H,64,77)(H,65,79)(H,66,76)(H,67,74)(H,68,78)(H,69,80)(H,72,73)(H,81,82)(H4,56,57,60)(H4,58,59,61)/t33-,34-,35-,36-,37-,38-,39-,40-/m0/s1. The lowest BCUT2D eigenvalue weighted by Crippen LogP contribution is -2.59. The number of phenols is 1. The number of aliphatic carboxylic acids is 2. The van der Waals surface area contributed by atoms with Gasteiger partial charge in [0.25, 0.3) is 0 Å². The Morgan fingerprint density at radius 2 is 0.890 bits per heavy atom. The van der Waals surface area contributed by atoms with Crippen molar-refractivity contribution >= 4 is 71.1 Å². The largest absolute Gasteiger partial charge is 0.508 e. The molecule has 8 amide bonds. The number of carbonyl (C=O) groups is 10. The van der Waals surface area contributed by atoms with E-state index in [1.807, 2.05) is 13.8 Å². The number of rotatable bonds is 42. The topological polar surface area (TPSA) is 534 Å². The Kier molecular flexibility index (Phi) is 34.8.